The van der Waals surface area contributed by atoms with Gasteiger partial charge in [-0.2, -0.15) is 0 Å². The van der Waals surface area contributed by atoms with Crippen LogP contribution in [0.1, 0.15) is 18.9 Å². The highest BCUT2D eigenvalue weighted by Crippen LogP contribution is 2.41. The van der Waals surface area contributed by atoms with Gasteiger partial charge in [0.1, 0.15) is 0 Å². The maximum absolute atomic E-state index is 12.3. The van der Waals surface area contributed by atoms with Crippen LogP contribution in [0.5, 0.6) is 0 Å². The number of nitrogens with zero attached hydrogens (tertiary/aromatic N) is 4. The van der Waals surface area contributed by atoms with Crippen LogP contribution in [-0.4, -0.2) is 52.7 Å². The van der Waals surface area contributed by atoms with Gasteiger partial charge in [0.05, 0.1) is 29.7 Å². The highest BCUT2D eigenvalue weighted by atomic mass is 35.5. The third-order valence-corrected chi connectivity index (χ3v) is 5.90. The van der Waals surface area contributed by atoms with Crippen LogP contribution >= 0.6 is 35.0 Å². The lowest BCUT2D eigenvalue weighted by Gasteiger charge is -2.27. The molecule has 1 saturated carbocycles. The van der Waals surface area contributed by atoms with Crippen molar-refractivity contribution in [1.29, 1.82) is 0 Å². The van der Waals surface area contributed by atoms with Gasteiger partial charge in [0.25, 0.3) is 0 Å². The first-order valence-corrected chi connectivity index (χ1v) is 10.5. The number of thioether (sulfide) groups is 1. The van der Waals surface area contributed by atoms with Crippen LogP contribution < -0.4 is 10.2 Å². The van der Waals surface area contributed by atoms with Gasteiger partial charge in [0, 0.05) is 24.2 Å². The molecular weight excluding hydrogens is 409 g/mol. The van der Waals surface area contributed by atoms with Gasteiger partial charge in [-0.15, -0.1) is 10.2 Å². The average molecular weight is 428 g/mol. The number of carbonyl (C=O) groups is 1. The quantitative estimate of drug-likeness (QED) is 0.711. The van der Waals surface area contributed by atoms with Crippen molar-refractivity contribution in [3.05, 3.63) is 28.2 Å². The lowest BCUT2D eigenvalue weighted by Crippen LogP contribution is -2.38. The van der Waals surface area contributed by atoms with Crippen molar-refractivity contribution in [3.8, 4) is 0 Å². The van der Waals surface area contributed by atoms with Gasteiger partial charge in [-0.3, -0.25) is 9.36 Å². The van der Waals surface area contributed by atoms with Crippen LogP contribution in [0.4, 0.5) is 11.6 Å². The summed E-state index contributed by atoms with van der Waals surface area (Å²) in [6, 6.07) is 5.39. The van der Waals surface area contributed by atoms with Crippen LogP contribution in [0.3, 0.4) is 0 Å². The van der Waals surface area contributed by atoms with Gasteiger partial charge in [-0.1, -0.05) is 35.0 Å². The van der Waals surface area contributed by atoms with E-state index in [0.29, 0.717) is 35.0 Å². The predicted molar refractivity (Wildman–Crippen MR) is 107 cm³/mol. The number of benzene rings is 1. The minimum atomic E-state index is -0.164. The molecule has 10 heteroatoms. The molecule has 27 heavy (non-hydrogen) atoms. The first-order chi connectivity index (χ1) is 13.1. The molecule has 1 saturated heterocycles. The number of rotatable bonds is 6. The summed E-state index contributed by atoms with van der Waals surface area (Å²) in [6.45, 7) is 3.01. The fourth-order valence-corrected chi connectivity index (χ4v) is 4.05. The van der Waals surface area contributed by atoms with Gasteiger partial charge in [-0.25, -0.2) is 0 Å². The first-order valence-electron chi connectivity index (χ1n) is 8.77. The molecule has 7 nitrogen and oxygen atoms in total. The van der Waals surface area contributed by atoms with Gasteiger partial charge < -0.3 is 15.0 Å². The SMILES string of the molecule is O=C(CSc1nnc(N2CCOCC2)n1C1CC1)Nc1cc(Cl)ccc1Cl. The number of anilines is 2. The Labute approximate surface area is 171 Å². The highest BCUT2D eigenvalue weighted by Gasteiger charge is 2.32. The van der Waals surface area contributed by atoms with E-state index in [4.69, 9.17) is 27.9 Å². The van der Waals surface area contributed by atoms with Crippen LogP contribution in [0, 0.1) is 0 Å². The Morgan fingerprint density at radius 2 is 2.04 bits per heavy atom. The molecule has 0 radical (unpaired) electrons. The molecular formula is C17H19Cl2N5O2S. The second-order valence-corrected chi connectivity index (χ2v) is 8.23. The first kappa shape index (κ1) is 18.9. The maximum atomic E-state index is 12.3. The molecule has 0 spiro atoms. The molecule has 1 aliphatic heterocycles. The molecule has 1 aromatic heterocycles. The van der Waals surface area contributed by atoms with E-state index in [2.05, 4.69) is 25.0 Å². The van der Waals surface area contributed by atoms with Crippen LogP contribution in [0.15, 0.2) is 23.4 Å². The molecule has 2 fully saturated rings. The maximum Gasteiger partial charge on any atom is 0.234 e. The zero-order valence-electron chi connectivity index (χ0n) is 14.5. The van der Waals surface area contributed by atoms with Crippen molar-refractivity contribution in [2.45, 2.75) is 24.0 Å². The number of hydrogen-bond donors (Lipinski definition) is 1. The Hall–Kier alpha value is -1.48. The minimum Gasteiger partial charge on any atom is -0.378 e. The number of nitrogens with one attached hydrogen (secondary N) is 1. The summed E-state index contributed by atoms with van der Waals surface area (Å²) in [5, 5.41) is 13.2. The molecule has 0 bridgehead atoms. The molecule has 2 aromatic rings. The fourth-order valence-electron chi connectivity index (χ4n) is 2.91. The Bertz CT molecular complexity index is 837. The molecule has 1 aliphatic carbocycles. The lowest BCUT2D eigenvalue weighted by molar-refractivity contribution is -0.113. The van der Waals surface area contributed by atoms with Crippen LogP contribution in [0.25, 0.3) is 0 Å². The molecule has 0 atom stereocenters. The van der Waals surface area contributed by atoms with Crippen LogP contribution in [-0.2, 0) is 9.53 Å². The summed E-state index contributed by atoms with van der Waals surface area (Å²) < 4.78 is 7.58. The number of carbonyl (C=O) groups excluding carboxylic acids is 1. The summed E-state index contributed by atoms with van der Waals surface area (Å²) in [6.07, 6.45) is 2.24. The van der Waals surface area contributed by atoms with E-state index in [-0.39, 0.29) is 11.7 Å². The van der Waals surface area contributed by atoms with Crippen molar-refractivity contribution >= 4 is 52.5 Å². The lowest BCUT2D eigenvalue weighted by atomic mass is 10.3. The molecule has 1 aromatic carbocycles. The Balaban J connectivity index is 1.42. The number of morpholine rings is 1. The van der Waals surface area contributed by atoms with E-state index in [1.165, 1.54) is 11.8 Å². The summed E-state index contributed by atoms with van der Waals surface area (Å²) in [5.41, 5.74) is 0.507. The topological polar surface area (TPSA) is 72.3 Å². The van der Waals surface area contributed by atoms with E-state index in [1.807, 2.05) is 0 Å². The Morgan fingerprint density at radius 1 is 1.26 bits per heavy atom. The van der Waals surface area contributed by atoms with Gasteiger partial charge in [0.2, 0.25) is 11.9 Å². The average Bonchev–Trinajstić information content (AvgIpc) is 3.43. The van der Waals surface area contributed by atoms with E-state index in [0.717, 1.165) is 37.0 Å². The largest absolute Gasteiger partial charge is 0.378 e. The van der Waals surface area contributed by atoms with E-state index >= 15 is 0 Å². The third kappa shape index (κ3) is 4.51. The molecule has 2 heterocycles. The van der Waals surface area contributed by atoms with E-state index < -0.39 is 0 Å². The van der Waals surface area contributed by atoms with Crippen molar-refractivity contribution < 1.29 is 9.53 Å². The zero-order chi connectivity index (χ0) is 18.8. The molecule has 1 amide bonds. The van der Waals surface area contributed by atoms with E-state index in [9.17, 15) is 4.79 Å². The van der Waals surface area contributed by atoms with Crippen molar-refractivity contribution in [3.63, 3.8) is 0 Å². The standard InChI is InChI=1S/C17H19Cl2N5O2S/c18-11-1-4-13(19)14(9-11)20-15(25)10-27-17-22-21-16(24(17)12-2-3-12)23-5-7-26-8-6-23/h1,4,9,12H,2-3,5-8,10H2,(H,20,25). The molecule has 144 valence electrons. The van der Waals surface area contributed by atoms with E-state index in [1.54, 1.807) is 18.2 Å². The van der Waals surface area contributed by atoms with Gasteiger partial charge in [-0.05, 0) is 31.0 Å². The fraction of sp³-hybridized carbons (Fsp3) is 0.471. The molecule has 2 aliphatic rings. The number of halogens is 2. The number of amides is 1. The van der Waals surface area contributed by atoms with Gasteiger partial charge in [0.15, 0.2) is 5.16 Å². The minimum absolute atomic E-state index is 0.164. The summed E-state index contributed by atoms with van der Waals surface area (Å²) in [7, 11) is 0. The predicted octanol–water partition coefficient (Wildman–Crippen LogP) is 3.49. The smallest absolute Gasteiger partial charge is 0.234 e. The van der Waals surface area contributed by atoms with Crippen LogP contribution in [0.2, 0.25) is 10.0 Å². The van der Waals surface area contributed by atoms with Crippen molar-refractivity contribution in [2.75, 3.05) is 42.3 Å². The Kier molecular flexibility index (Phi) is 5.77. The number of hydrogen-bond acceptors (Lipinski definition) is 6. The summed E-state index contributed by atoms with van der Waals surface area (Å²) in [5.74, 6) is 0.931. The Morgan fingerprint density at radius 3 is 2.78 bits per heavy atom. The normalized spacial score (nSPS) is 17.2. The highest BCUT2D eigenvalue weighted by molar-refractivity contribution is 7.99. The summed E-state index contributed by atoms with van der Waals surface area (Å²) >= 11 is 13.4. The number of ether oxygens (including phenoxy) is 1. The molecule has 1 N–H and O–H groups in total. The molecule has 4 rings (SSSR count). The van der Waals surface area contributed by atoms with Gasteiger partial charge >= 0.3 is 0 Å². The summed E-state index contributed by atoms with van der Waals surface area (Å²) in [4.78, 5) is 14.5. The second kappa shape index (κ2) is 8.26. The number of aromatic nitrogens is 3. The van der Waals surface area contributed by atoms with Crippen molar-refractivity contribution in [1.82, 2.24) is 14.8 Å². The molecule has 0 unspecified atom stereocenters. The second-order valence-electron chi connectivity index (χ2n) is 6.44. The monoisotopic (exact) mass is 427 g/mol. The third-order valence-electron chi connectivity index (χ3n) is 4.39. The van der Waals surface area contributed by atoms with Crippen molar-refractivity contribution in [2.24, 2.45) is 0 Å². The zero-order valence-corrected chi connectivity index (χ0v) is 16.9.